The van der Waals surface area contributed by atoms with Gasteiger partial charge < -0.3 is 5.73 Å². The van der Waals surface area contributed by atoms with Crippen LogP contribution in [0.3, 0.4) is 0 Å². The molecule has 1 amide bonds. The molecule has 0 atom stereocenters. The third-order valence-corrected chi connectivity index (χ3v) is 2.79. The molecule has 0 fully saturated rings. The lowest BCUT2D eigenvalue weighted by Gasteiger charge is -2.03. The molecule has 98 valence electrons. The van der Waals surface area contributed by atoms with Gasteiger partial charge in [-0.05, 0) is 25.1 Å². The van der Waals surface area contributed by atoms with Gasteiger partial charge in [-0.25, -0.2) is 0 Å². The van der Waals surface area contributed by atoms with E-state index in [4.69, 9.17) is 10.3 Å². The Morgan fingerprint density at radius 1 is 1.50 bits per heavy atom. The number of anilines is 1. The van der Waals surface area contributed by atoms with Crippen LogP contribution in [0.4, 0.5) is 5.69 Å². The van der Waals surface area contributed by atoms with Crippen LogP contribution in [0.25, 0.3) is 0 Å². The number of rotatable bonds is 5. The van der Waals surface area contributed by atoms with E-state index in [1.807, 2.05) is 0 Å². The maximum Gasteiger partial charge on any atom is 0.294 e. The minimum atomic E-state index is -4.25. The second-order valence-electron chi connectivity index (χ2n) is 3.60. The number of nitrogens with one attached hydrogen (secondary N) is 1. The van der Waals surface area contributed by atoms with Crippen LogP contribution in [0, 0.1) is 0 Å². The molecule has 0 aliphatic rings. The van der Waals surface area contributed by atoms with Crippen LogP contribution in [-0.4, -0.2) is 24.6 Å². The monoisotopic (exact) mass is 271 g/mol. The van der Waals surface area contributed by atoms with Gasteiger partial charge in [0.25, 0.3) is 10.1 Å². The van der Waals surface area contributed by atoms with E-state index in [0.29, 0.717) is 11.4 Å². The van der Waals surface area contributed by atoms with Crippen molar-refractivity contribution in [3.8, 4) is 0 Å². The molecule has 0 aliphatic carbocycles. The third kappa shape index (κ3) is 4.52. The van der Waals surface area contributed by atoms with Gasteiger partial charge in [-0.1, -0.05) is 6.07 Å². The van der Waals surface area contributed by atoms with Gasteiger partial charge in [0.05, 0.1) is 17.0 Å². The summed E-state index contributed by atoms with van der Waals surface area (Å²) in [7, 11) is -4.25. The minimum Gasteiger partial charge on any atom is -0.369 e. The SMILES string of the molecule is C/C(CC(N)=O)=N\Nc1cccc(S(=O)(=O)O)c1. The fourth-order valence-corrected chi connectivity index (χ4v) is 1.70. The lowest BCUT2D eigenvalue weighted by molar-refractivity contribution is -0.116. The predicted octanol–water partition coefficient (Wildman–Crippen LogP) is 0.596. The molecular formula is C10H13N3O4S. The number of carbonyl (C=O) groups is 1. The molecule has 1 aromatic carbocycles. The number of hydrazone groups is 1. The molecule has 0 bridgehead atoms. The first-order valence-corrected chi connectivity index (χ1v) is 6.38. The number of primary amides is 1. The molecule has 0 saturated heterocycles. The first kappa shape index (κ1) is 14.1. The summed E-state index contributed by atoms with van der Waals surface area (Å²) in [5, 5.41) is 3.85. The molecule has 0 saturated carbocycles. The highest BCUT2D eigenvalue weighted by molar-refractivity contribution is 7.85. The summed E-state index contributed by atoms with van der Waals surface area (Å²) in [4.78, 5) is 10.4. The molecule has 0 aromatic heterocycles. The van der Waals surface area contributed by atoms with E-state index in [-0.39, 0.29) is 11.3 Å². The Balaban J connectivity index is 2.84. The Kier molecular flexibility index (Phi) is 4.40. The number of amides is 1. The van der Waals surface area contributed by atoms with E-state index in [1.54, 1.807) is 13.0 Å². The summed E-state index contributed by atoms with van der Waals surface area (Å²) in [5.74, 6) is -0.510. The smallest absolute Gasteiger partial charge is 0.294 e. The van der Waals surface area contributed by atoms with Crippen LogP contribution in [0.15, 0.2) is 34.3 Å². The standard InChI is InChI=1S/C10H13N3O4S/c1-7(5-10(11)14)12-13-8-3-2-4-9(6-8)18(15,16)17/h2-4,6,13H,5H2,1H3,(H2,11,14)(H,15,16,17)/b12-7+. The quantitative estimate of drug-likeness (QED) is 0.411. The van der Waals surface area contributed by atoms with Crippen LogP contribution in [0.1, 0.15) is 13.3 Å². The fourth-order valence-electron chi connectivity index (χ4n) is 1.18. The average Bonchev–Trinajstić information content (AvgIpc) is 2.25. The van der Waals surface area contributed by atoms with E-state index >= 15 is 0 Å². The molecule has 7 nitrogen and oxygen atoms in total. The van der Waals surface area contributed by atoms with Crippen LogP contribution in [0.2, 0.25) is 0 Å². The van der Waals surface area contributed by atoms with Crippen molar-refractivity contribution >= 4 is 27.4 Å². The van der Waals surface area contributed by atoms with Gasteiger partial charge in [0, 0.05) is 5.71 Å². The van der Waals surface area contributed by atoms with Crippen LogP contribution in [-0.2, 0) is 14.9 Å². The van der Waals surface area contributed by atoms with Crippen molar-refractivity contribution in [3.05, 3.63) is 24.3 Å². The van der Waals surface area contributed by atoms with Crippen LogP contribution >= 0.6 is 0 Å². The molecule has 4 N–H and O–H groups in total. The van der Waals surface area contributed by atoms with Crippen molar-refractivity contribution in [1.82, 2.24) is 0 Å². The van der Waals surface area contributed by atoms with Crippen molar-refractivity contribution in [3.63, 3.8) is 0 Å². The van der Waals surface area contributed by atoms with Crippen molar-refractivity contribution < 1.29 is 17.8 Å². The molecule has 8 heteroatoms. The second kappa shape index (κ2) is 5.61. The summed E-state index contributed by atoms with van der Waals surface area (Å²) in [5.41, 5.74) is 8.38. The van der Waals surface area contributed by atoms with Crippen molar-refractivity contribution in [2.45, 2.75) is 18.2 Å². The van der Waals surface area contributed by atoms with Gasteiger partial charge in [-0.2, -0.15) is 13.5 Å². The summed E-state index contributed by atoms with van der Waals surface area (Å²) in [6.45, 7) is 1.60. The lowest BCUT2D eigenvalue weighted by atomic mass is 10.3. The van der Waals surface area contributed by atoms with Gasteiger partial charge in [0.2, 0.25) is 5.91 Å². The molecule has 0 radical (unpaired) electrons. The first-order chi connectivity index (χ1) is 8.29. The summed E-state index contributed by atoms with van der Waals surface area (Å²) in [6.07, 6.45) is 0.00495. The number of nitrogens with zero attached hydrogens (tertiary/aromatic N) is 1. The van der Waals surface area contributed by atoms with Gasteiger partial charge in [0.1, 0.15) is 0 Å². The van der Waals surface area contributed by atoms with E-state index in [9.17, 15) is 13.2 Å². The fraction of sp³-hybridized carbons (Fsp3) is 0.200. The lowest BCUT2D eigenvalue weighted by Crippen LogP contribution is -2.15. The zero-order chi connectivity index (χ0) is 13.8. The van der Waals surface area contributed by atoms with Crippen molar-refractivity contribution in [2.24, 2.45) is 10.8 Å². The topological polar surface area (TPSA) is 122 Å². The first-order valence-electron chi connectivity index (χ1n) is 4.94. The van der Waals surface area contributed by atoms with Gasteiger partial charge >= 0.3 is 0 Å². The Bertz CT molecular complexity index is 581. The molecule has 18 heavy (non-hydrogen) atoms. The van der Waals surface area contributed by atoms with E-state index in [2.05, 4.69) is 10.5 Å². The summed E-state index contributed by atoms with van der Waals surface area (Å²) < 4.78 is 30.7. The molecular weight excluding hydrogens is 258 g/mol. The van der Waals surface area contributed by atoms with E-state index < -0.39 is 16.0 Å². The van der Waals surface area contributed by atoms with Crippen LogP contribution < -0.4 is 11.2 Å². The number of carbonyl (C=O) groups excluding carboxylic acids is 1. The zero-order valence-electron chi connectivity index (χ0n) is 9.62. The Hall–Kier alpha value is -1.93. The maximum atomic E-state index is 10.9. The Morgan fingerprint density at radius 3 is 2.72 bits per heavy atom. The van der Waals surface area contributed by atoms with Gasteiger partial charge in [-0.3, -0.25) is 14.8 Å². The number of nitrogens with two attached hydrogens (primary N) is 1. The van der Waals surface area contributed by atoms with Crippen molar-refractivity contribution in [1.29, 1.82) is 0 Å². The van der Waals surface area contributed by atoms with E-state index in [1.165, 1.54) is 18.2 Å². The van der Waals surface area contributed by atoms with Crippen molar-refractivity contribution in [2.75, 3.05) is 5.43 Å². The zero-order valence-corrected chi connectivity index (χ0v) is 10.4. The minimum absolute atomic E-state index is 0.00495. The molecule has 0 unspecified atom stereocenters. The molecule has 0 aliphatic heterocycles. The second-order valence-corrected chi connectivity index (χ2v) is 5.03. The number of hydrogen-bond donors (Lipinski definition) is 3. The van der Waals surface area contributed by atoms with Gasteiger partial charge in [-0.15, -0.1) is 0 Å². The molecule has 0 heterocycles. The average molecular weight is 271 g/mol. The molecule has 1 rings (SSSR count). The predicted molar refractivity (Wildman–Crippen MR) is 66.8 cm³/mol. The van der Waals surface area contributed by atoms with E-state index in [0.717, 1.165) is 0 Å². The molecule has 0 spiro atoms. The largest absolute Gasteiger partial charge is 0.369 e. The Labute approximate surface area is 104 Å². The highest BCUT2D eigenvalue weighted by Gasteiger charge is 2.09. The van der Waals surface area contributed by atoms with Crippen LogP contribution in [0.5, 0.6) is 0 Å². The summed E-state index contributed by atoms with van der Waals surface area (Å²) in [6, 6.07) is 5.48. The third-order valence-electron chi connectivity index (χ3n) is 1.94. The van der Waals surface area contributed by atoms with Gasteiger partial charge in [0.15, 0.2) is 0 Å². The highest BCUT2D eigenvalue weighted by Crippen LogP contribution is 2.15. The Morgan fingerprint density at radius 2 is 2.17 bits per heavy atom. The maximum absolute atomic E-state index is 10.9. The summed E-state index contributed by atoms with van der Waals surface area (Å²) >= 11 is 0. The molecule has 1 aromatic rings. The number of benzene rings is 1. The normalized spacial score (nSPS) is 12.2. The number of hydrogen-bond acceptors (Lipinski definition) is 5. The highest BCUT2D eigenvalue weighted by atomic mass is 32.2.